The number of halogens is 3. The summed E-state index contributed by atoms with van der Waals surface area (Å²) in [7, 11) is 0. The van der Waals surface area contributed by atoms with Crippen LogP contribution >= 0.6 is 15.9 Å². The van der Waals surface area contributed by atoms with E-state index in [9.17, 15) is 13.9 Å². The zero-order valence-corrected chi connectivity index (χ0v) is 9.82. The Kier molecular flexibility index (Phi) is 3.48. The summed E-state index contributed by atoms with van der Waals surface area (Å²) < 4.78 is 26.4. The van der Waals surface area contributed by atoms with Crippen LogP contribution in [0.25, 0.3) is 0 Å². The third-order valence-electron chi connectivity index (χ3n) is 1.54. The van der Waals surface area contributed by atoms with Crippen LogP contribution in [-0.4, -0.2) is 10.7 Å². The molecule has 0 unspecified atom stereocenters. The van der Waals surface area contributed by atoms with Crippen molar-refractivity contribution in [3.63, 3.8) is 0 Å². The van der Waals surface area contributed by atoms with Gasteiger partial charge in [-0.3, -0.25) is 0 Å². The van der Waals surface area contributed by atoms with E-state index in [4.69, 9.17) is 0 Å². The third kappa shape index (κ3) is 3.29. The lowest BCUT2D eigenvalue weighted by molar-refractivity contribution is 0.143. The van der Waals surface area contributed by atoms with Crippen LogP contribution in [0.1, 0.15) is 19.4 Å². The van der Waals surface area contributed by atoms with E-state index < -0.39 is 17.2 Å². The molecule has 1 rings (SSSR count). The number of aliphatic hydroxyl groups is 1. The Balaban J connectivity index is 3.17. The van der Waals surface area contributed by atoms with Crippen molar-refractivity contribution in [2.24, 2.45) is 0 Å². The second-order valence-corrected chi connectivity index (χ2v) is 4.39. The maximum Gasteiger partial charge on any atom is 0.175 e. The molecule has 0 atom stereocenters. The fourth-order valence-corrected chi connectivity index (χ4v) is 1.15. The SMILES string of the molecule is CC(C)(O)C#Cc1ccc(Br)c(F)c1F. The van der Waals surface area contributed by atoms with E-state index in [2.05, 4.69) is 27.8 Å². The summed E-state index contributed by atoms with van der Waals surface area (Å²) in [5.74, 6) is 2.81. The highest BCUT2D eigenvalue weighted by Crippen LogP contribution is 2.20. The number of hydrogen-bond acceptors (Lipinski definition) is 1. The monoisotopic (exact) mass is 274 g/mol. The van der Waals surface area contributed by atoms with E-state index in [0.29, 0.717) is 0 Å². The first-order valence-corrected chi connectivity index (χ1v) is 4.99. The Morgan fingerprint density at radius 1 is 1.27 bits per heavy atom. The molecule has 1 aromatic carbocycles. The van der Waals surface area contributed by atoms with Gasteiger partial charge in [-0.15, -0.1) is 0 Å². The maximum atomic E-state index is 13.2. The van der Waals surface area contributed by atoms with Gasteiger partial charge in [-0.2, -0.15) is 0 Å². The second kappa shape index (κ2) is 4.30. The van der Waals surface area contributed by atoms with Gasteiger partial charge in [-0.05, 0) is 41.9 Å². The molecule has 1 aromatic rings. The van der Waals surface area contributed by atoms with Crippen LogP contribution in [0.15, 0.2) is 16.6 Å². The van der Waals surface area contributed by atoms with E-state index in [1.165, 1.54) is 26.0 Å². The van der Waals surface area contributed by atoms with Gasteiger partial charge in [0.2, 0.25) is 0 Å². The molecular formula is C11H9BrF2O. The lowest BCUT2D eigenvalue weighted by Crippen LogP contribution is -2.14. The molecule has 0 heterocycles. The highest BCUT2D eigenvalue weighted by Gasteiger charge is 2.11. The molecule has 0 aliphatic heterocycles. The molecule has 0 saturated carbocycles. The van der Waals surface area contributed by atoms with Gasteiger partial charge >= 0.3 is 0 Å². The quantitative estimate of drug-likeness (QED) is 0.570. The molecule has 0 aliphatic carbocycles. The van der Waals surface area contributed by atoms with Crippen molar-refractivity contribution in [1.82, 2.24) is 0 Å². The third-order valence-corrected chi connectivity index (χ3v) is 2.15. The summed E-state index contributed by atoms with van der Waals surface area (Å²) >= 11 is 2.86. The summed E-state index contributed by atoms with van der Waals surface area (Å²) in [5.41, 5.74) is -1.30. The Hall–Kier alpha value is -0.920. The van der Waals surface area contributed by atoms with Gasteiger partial charge < -0.3 is 5.11 Å². The predicted molar refractivity (Wildman–Crippen MR) is 57.2 cm³/mol. The van der Waals surface area contributed by atoms with Crippen LogP contribution in [0.2, 0.25) is 0 Å². The zero-order chi connectivity index (χ0) is 11.6. The number of hydrogen-bond donors (Lipinski definition) is 1. The zero-order valence-electron chi connectivity index (χ0n) is 8.24. The molecule has 0 radical (unpaired) electrons. The Morgan fingerprint density at radius 2 is 1.87 bits per heavy atom. The van der Waals surface area contributed by atoms with E-state index in [1.807, 2.05) is 0 Å². The average molecular weight is 275 g/mol. The molecule has 80 valence electrons. The van der Waals surface area contributed by atoms with Gasteiger partial charge in [0, 0.05) is 0 Å². The van der Waals surface area contributed by atoms with Crippen LogP contribution in [0, 0.1) is 23.5 Å². The Labute approximate surface area is 95.2 Å². The molecule has 15 heavy (non-hydrogen) atoms. The van der Waals surface area contributed by atoms with Crippen molar-refractivity contribution in [2.45, 2.75) is 19.4 Å². The summed E-state index contributed by atoms with van der Waals surface area (Å²) in [4.78, 5) is 0. The van der Waals surface area contributed by atoms with Crippen LogP contribution in [0.3, 0.4) is 0 Å². The van der Waals surface area contributed by atoms with Crippen LogP contribution in [-0.2, 0) is 0 Å². The predicted octanol–water partition coefficient (Wildman–Crippen LogP) is 2.85. The molecule has 0 spiro atoms. The molecule has 0 saturated heterocycles. The second-order valence-electron chi connectivity index (χ2n) is 3.53. The number of rotatable bonds is 0. The highest BCUT2D eigenvalue weighted by molar-refractivity contribution is 9.10. The van der Waals surface area contributed by atoms with E-state index in [0.717, 1.165) is 0 Å². The molecule has 1 nitrogen and oxygen atoms in total. The molecule has 4 heteroatoms. The molecule has 0 bridgehead atoms. The first-order valence-electron chi connectivity index (χ1n) is 4.20. The standard InChI is InChI=1S/C11H9BrF2O/c1-11(2,15)6-5-7-3-4-8(12)10(14)9(7)13/h3-4,15H,1-2H3. The lowest BCUT2D eigenvalue weighted by atomic mass is 10.1. The van der Waals surface area contributed by atoms with Gasteiger partial charge in [-0.25, -0.2) is 8.78 Å². The van der Waals surface area contributed by atoms with Crippen molar-refractivity contribution in [3.05, 3.63) is 33.8 Å². The fraction of sp³-hybridized carbons (Fsp3) is 0.273. The van der Waals surface area contributed by atoms with Gasteiger partial charge in [-0.1, -0.05) is 11.8 Å². The molecule has 0 fully saturated rings. The summed E-state index contributed by atoms with van der Waals surface area (Å²) in [5, 5.41) is 9.29. The fourth-order valence-electron chi connectivity index (χ4n) is 0.843. The molecular weight excluding hydrogens is 266 g/mol. The average Bonchev–Trinajstić information content (AvgIpc) is 2.12. The Bertz CT molecular complexity index is 438. The van der Waals surface area contributed by atoms with E-state index >= 15 is 0 Å². The van der Waals surface area contributed by atoms with Crippen molar-refractivity contribution in [3.8, 4) is 11.8 Å². The largest absolute Gasteiger partial charge is 0.378 e. The van der Waals surface area contributed by atoms with Crippen molar-refractivity contribution >= 4 is 15.9 Å². The van der Waals surface area contributed by atoms with Gasteiger partial charge in [0.05, 0.1) is 10.0 Å². The number of benzene rings is 1. The van der Waals surface area contributed by atoms with Crippen LogP contribution in [0.4, 0.5) is 8.78 Å². The molecule has 0 aromatic heterocycles. The minimum absolute atomic E-state index is 0.0498. The Morgan fingerprint density at radius 3 is 2.40 bits per heavy atom. The van der Waals surface area contributed by atoms with Gasteiger partial charge in [0.1, 0.15) is 5.60 Å². The minimum atomic E-state index is -1.23. The van der Waals surface area contributed by atoms with Crippen molar-refractivity contribution in [1.29, 1.82) is 0 Å². The normalized spacial score (nSPS) is 10.8. The summed E-state index contributed by atoms with van der Waals surface area (Å²) in [6, 6.07) is 2.72. The molecule has 0 amide bonds. The topological polar surface area (TPSA) is 20.2 Å². The molecule has 0 aliphatic rings. The first kappa shape index (κ1) is 12.2. The first-order chi connectivity index (χ1) is 6.81. The van der Waals surface area contributed by atoms with Crippen LogP contribution in [0.5, 0.6) is 0 Å². The van der Waals surface area contributed by atoms with E-state index in [1.54, 1.807) is 0 Å². The highest BCUT2D eigenvalue weighted by atomic mass is 79.9. The van der Waals surface area contributed by atoms with Crippen molar-refractivity contribution < 1.29 is 13.9 Å². The smallest absolute Gasteiger partial charge is 0.175 e. The maximum absolute atomic E-state index is 13.2. The van der Waals surface area contributed by atoms with E-state index in [-0.39, 0.29) is 10.0 Å². The van der Waals surface area contributed by atoms with Gasteiger partial charge in [0.25, 0.3) is 0 Å². The van der Waals surface area contributed by atoms with Crippen molar-refractivity contribution in [2.75, 3.05) is 0 Å². The van der Waals surface area contributed by atoms with Gasteiger partial charge in [0.15, 0.2) is 11.6 Å². The van der Waals surface area contributed by atoms with Crippen LogP contribution < -0.4 is 0 Å². The lowest BCUT2D eigenvalue weighted by Gasteiger charge is -2.06. The summed E-state index contributed by atoms with van der Waals surface area (Å²) in [6.45, 7) is 2.93. The molecule has 1 N–H and O–H groups in total. The summed E-state index contributed by atoms with van der Waals surface area (Å²) in [6.07, 6.45) is 0. The minimum Gasteiger partial charge on any atom is -0.378 e.